The Hall–Kier alpha value is -4.46. The van der Waals surface area contributed by atoms with Crippen molar-refractivity contribution < 1.29 is 41.1 Å². The van der Waals surface area contributed by atoms with E-state index < -0.39 is 82.7 Å². The van der Waals surface area contributed by atoms with Crippen LogP contribution in [0.15, 0.2) is 48.7 Å². The number of likely N-dealkylation sites (N-methyl/N-ethyl adjacent to an activating group) is 1. The number of alkyl halides is 3. The normalized spacial score (nSPS) is 17.4. The Labute approximate surface area is 247 Å². The fourth-order valence-electron chi connectivity index (χ4n) is 4.77. The van der Waals surface area contributed by atoms with Crippen LogP contribution >= 0.6 is 11.6 Å². The molecular weight excluding hydrogens is 601 g/mol. The zero-order chi connectivity index (χ0) is 31.6. The molecule has 1 fully saturated rings. The highest BCUT2D eigenvalue weighted by Crippen LogP contribution is 2.44. The van der Waals surface area contributed by atoms with Crippen LogP contribution in [0.3, 0.4) is 0 Å². The second kappa shape index (κ2) is 12.4. The molecule has 43 heavy (non-hydrogen) atoms. The molecule has 1 aliphatic heterocycles. The minimum absolute atomic E-state index is 0.0357. The Morgan fingerprint density at radius 2 is 1.74 bits per heavy atom. The van der Waals surface area contributed by atoms with Crippen LogP contribution in [0.5, 0.6) is 5.75 Å². The van der Waals surface area contributed by atoms with Gasteiger partial charge in [0.1, 0.15) is 40.8 Å². The van der Waals surface area contributed by atoms with Crippen molar-refractivity contribution in [3.63, 3.8) is 0 Å². The van der Waals surface area contributed by atoms with Crippen molar-refractivity contribution in [3.05, 3.63) is 82.0 Å². The van der Waals surface area contributed by atoms with Gasteiger partial charge >= 0.3 is 6.18 Å². The third-order valence-electron chi connectivity index (χ3n) is 6.85. The monoisotopic (exact) mass is 625 g/mol. The molecule has 0 saturated carbocycles. The van der Waals surface area contributed by atoms with E-state index in [1.807, 2.05) is 0 Å². The molecule has 3 atom stereocenters. The third-order valence-corrected chi connectivity index (χ3v) is 7.10. The van der Waals surface area contributed by atoms with Crippen molar-refractivity contribution in [3.8, 4) is 5.75 Å². The first-order valence-corrected chi connectivity index (χ1v) is 13.1. The predicted octanol–water partition coefficient (Wildman–Crippen LogP) is 4.52. The highest BCUT2D eigenvalue weighted by molar-refractivity contribution is 6.30. The van der Waals surface area contributed by atoms with Gasteiger partial charge in [0.15, 0.2) is 0 Å². The number of halogens is 6. The van der Waals surface area contributed by atoms with Gasteiger partial charge in [-0.15, -0.1) is 0 Å². The van der Waals surface area contributed by atoms with Crippen molar-refractivity contribution >= 4 is 40.8 Å². The van der Waals surface area contributed by atoms with E-state index in [9.17, 15) is 27.6 Å². The summed E-state index contributed by atoms with van der Waals surface area (Å²) in [6, 6.07) is 5.35. The maximum absolute atomic E-state index is 15.2. The lowest BCUT2D eigenvalue weighted by molar-refractivity contribution is -0.137. The summed E-state index contributed by atoms with van der Waals surface area (Å²) in [5.41, 5.74) is -2.56. The van der Waals surface area contributed by atoms with Gasteiger partial charge in [0.2, 0.25) is 5.91 Å². The molecule has 1 aliphatic rings. The van der Waals surface area contributed by atoms with E-state index in [1.54, 1.807) is 0 Å². The minimum Gasteiger partial charge on any atom is -0.497 e. The number of rotatable bonds is 8. The van der Waals surface area contributed by atoms with E-state index in [-0.39, 0.29) is 11.3 Å². The van der Waals surface area contributed by atoms with Crippen molar-refractivity contribution in [2.75, 3.05) is 30.9 Å². The maximum Gasteiger partial charge on any atom is 0.421 e. The Morgan fingerprint density at radius 3 is 2.30 bits per heavy atom. The average molecular weight is 626 g/mol. The Kier molecular flexibility index (Phi) is 9.09. The van der Waals surface area contributed by atoms with Gasteiger partial charge in [-0.3, -0.25) is 19.3 Å². The number of nitrogens with one attached hydrogen (secondary N) is 3. The number of ether oxygens (including phenoxy) is 1. The van der Waals surface area contributed by atoms with Crippen LogP contribution in [0.4, 0.5) is 33.5 Å². The summed E-state index contributed by atoms with van der Waals surface area (Å²) >= 11 is 5.87. The molecule has 0 radical (unpaired) electrons. The van der Waals surface area contributed by atoms with Crippen LogP contribution in [-0.2, 0) is 15.8 Å². The van der Waals surface area contributed by atoms with Gasteiger partial charge < -0.3 is 20.7 Å². The first-order valence-electron chi connectivity index (χ1n) is 12.7. The minimum atomic E-state index is -5.09. The van der Waals surface area contributed by atoms with Gasteiger partial charge in [-0.1, -0.05) is 11.6 Å². The Morgan fingerprint density at radius 1 is 1.12 bits per heavy atom. The molecule has 3 N–H and O–H groups in total. The fraction of sp³-hybridized carbons (Fsp3) is 0.286. The van der Waals surface area contributed by atoms with Crippen LogP contribution in [0.25, 0.3) is 0 Å². The molecule has 0 aliphatic carbocycles. The number of methoxy groups -OCH3 is 1. The summed E-state index contributed by atoms with van der Waals surface area (Å²) in [5, 5.41) is 7.50. The van der Waals surface area contributed by atoms with Gasteiger partial charge in [0.05, 0.1) is 12.8 Å². The predicted molar refractivity (Wildman–Crippen MR) is 147 cm³/mol. The second-order valence-corrected chi connectivity index (χ2v) is 9.99. The lowest BCUT2D eigenvalue weighted by atomic mass is 9.92. The molecule has 9 nitrogen and oxygen atoms in total. The number of pyridine rings is 1. The number of nitrogens with zero attached hydrogens (tertiary/aromatic N) is 2. The molecule has 2 aromatic carbocycles. The Balaban J connectivity index is 1.82. The molecule has 3 amide bonds. The first-order chi connectivity index (χ1) is 20.3. The van der Waals surface area contributed by atoms with E-state index >= 15 is 8.78 Å². The molecule has 15 heteroatoms. The van der Waals surface area contributed by atoms with Crippen LogP contribution in [0, 0.1) is 11.6 Å². The molecule has 0 bridgehead atoms. The summed E-state index contributed by atoms with van der Waals surface area (Å²) < 4.78 is 78.8. The molecule has 1 unspecified atom stereocenters. The van der Waals surface area contributed by atoms with Crippen molar-refractivity contribution in [1.82, 2.24) is 15.6 Å². The highest BCUT2D eigenvalue weighted by Gasteiger charge is 2.49. The summed E-state index contributed by atoms with van der Waals surface area (Å²) in [7, 11) is 2.49. The van der Waals surface area contributed by atoms with Gasteiger partial charge in [0.25, 0.3) is 11.8 Å². The summed E-state index contributed by atoms with van der Waals surface area (Å²) in [4.78, 5) is 43.2. The highest BCUT2D eigenvalue weighted by atomic mass is 35.5. The summed E-state index contributed by atoms with van der Waals surface area (Å²) in [6.07, 6.45) is -4.11. The lowest BCUT2D eigenvalue weighted by Gasteiger charge is -2.24. The third kappa shape index (κ3) is 6.48. The number of hydrogen-bond acceptors (Lipinski definition) is 6. The van der Waals surface area contributed by atoms with E-state index in [2.05, 4.69) is 20.9 Å². The van der Waals surface area contributed by atoms with Crippen LogP contribution < -0.4 is 25.6 Å². The van der Waals surface area contributed by atoms with Gasteiger partial charge in [0, 0.05) is 54.0 Å². The number of aromatic nitrogens is 1. The summed E-state index contributed by atoms with van der Waals surface area (Å²) in [6.45, 7) is 0.642. The zero-order valence-corrected chi connectivity index (χ0v) is 23.6. The largest absolute Gasteiger partial charge is 0.497 e. The topological polar surface area (TPSA) is 113 Å². The second-order valence-electron chi connectivity index (χ2n) is 9.55. The molecule has 3 aromatic rings. The van der Waals surface area contributed by atoms with Crippen LogP contribution in [-0.4, -0.2) is 55.5 Å². The zero-order valence-electron chi connectivity index (χ0n) is 22.9. The molecule has 2 heterocycles. The van der Waals surface area contributed by atoms with Gasteiger partial charge in [-0.05, 0) is 37.3 Å². The van der Waals surface area contributed by atoms with Crippen LogP contribution in [0.1, 0.15) is 34.3 Å². The standard InChI is InChI=1S/C28H25ClF5N5O4/c1-13(25(40)35-2)37-20-8-9-36-24(22(20)28(32,33)34)39-12-17(21-18(30)10-16(43-3)11-19(21)31)23(27(39)42)38-26(41)14-4-6-15(29)7-5-14/h4-11,13,17,23H,12H2,1-3H3,(H,35,40)(H,36,37)(H,38,41)/t13?,17-,23-/m0/s1. The van der Waals surface area contributed by atoms with Crippen molar-refractivity contribution in [1.29, 1.82) is 0 Å². The van der Waals surface area contributed by atoms with Crippen molar-refractivity contribution in [2.24, 2.45) is 0 Å². The average Bonchev–Trinajstić information content (AvgIpc) is 3.26. The van der Waals surface area contributed by atoms with Crippen LogP contribution in [0.2, 0.25) is 5.02 Å². The molecule has 4 rings (SSSR count). The summed E-state index contributed by atoms with van der Waals surface area (Å²) in [5.74, 6) is -7.37. The fourth-order valence-corrected chi connectivity index (χ4v) is 4.90. The Bertz CT molecular complexity index is 1530. The SMILES string of the molecule is CNC(=O)C(C)Nc1ccnc(N2C[C@@H](c3c(F)cc(OC)cc3F)[C@H](NC(=O)c3ccc(Cl)cc3)C2=O)c1C(F)(F)F. The van der Waals surface area contributed by atoms with E-state index in [4.69, 9.17) is 16.3 Å². The smallest absolute Gasteiger partial charge is 0.421 e. The maximum atomic E-state index is 15.2. The van der Waals surface area contributed by atoms with E-state index in [0.29, 0.717) is 9.92 Å². The van der Waals surface area contributed by atoms with Gasteiger partial charge in [-0.25, -0.2) is 13.8 Å². The van der Waals surface area contributed by atoms with E-state index in [1.165, 1.54) is 45.3 Å². The molecule has 0 spiro atoms. The first kappa shape index (κ1) is 31.5. The molecule has 1 saturated heterocycles. The van der Waals surface area contributed by atoms with Gasteiger partial charge in [-0.2, -0.15) is 13.2 Å². The number of carbonyl (C=O) groups excluding carboxylic acids is 3. The number of anilines is 2. The molecular formula is C28H25ClF5N5O4. The molecule has 1 aromatic heterocycles. The van der Waals surface area contributed by atoms with Crippen molar-refractivity contribution in [2.45, 2.75) is 31.1 Å². The number of amides is 3. The van der Waals surface area contributed by atoms with E-state index in [0.717, 1.165) is 24.4 Å². The molecule has 228 valence electrons. The number of carbonyl (C=O) groups is 3. The number of benzene rings is 2. The number of hydrogen-bond donors (Lipinski definition) is 3. The lowest BCUT2D eigenvalue weighted by Crippen LogP contribution is -2.44. The quantitative estimate of drug-likeness (QED) is 0.318.